The quantitative estimate of drug-likeness (QED) is 0.479. The SMILES string of the molecule is C#CCN=C(NCC)N(C)CCOc1ccccc1. The Kier molecular flexibility index (Phi) is 6.96. The summed E-state index contributed by atoms with van der Waals surface area (Å²) in [6.45, 7) is 4.56. The molecule has 0 heterocycles. The highest BCUT2D eigenvalue weighted by molar-refractivity contribution is 5.79. The summed E-state index contributed by atoms with van der Waals surface area (Å²) in [6.07, 6.45) is 5.22. The zero-order valence-electron chi connectivity index (χ0n) is 11.6. The average Bonchev–Trinajstić information content (AvgIpc) is 2.44. The first-order chi connectivity index (χ1) is 9.27. The Hall–Kier alpha value is -2.15. The van der Waals surface area contributed by atoms with Gasteiger partial charge in [-0.3, -0.25) is 0 Å². The molecule has 0 saturated carbocycles. The molecule has 0 spiro atoms. The van der Waals surface area contributed by atoms with E-state index in [4.69, 9.17) is 11.2 Å². The second-order valence-corrected chi connectivity index (χ2v) is 3.96. The molecule has 0 amide bonds. The van der Waals surface area contributed by atoms with Crippen molar-refractivity contribution in [3.05, 3.63) is 30.3 Å². The predicted molar refractivity (Wildman–Crippen MR) is 79.4 cm³/mol. The van der Waals surface area contributed by atoms with Crippen molar-refractivity contribution in [2.24, 2.45) is 4.99 Å². The van der Waals surface area contributed by atoms with Gasteiger partial charge in [0.25, 0.3) is 0 Å². The van der Waals surface area contributed by atoms with E-state index < -0.39 is 0 Å². The number of benzene rings is 1. The molecule has 1 aromatic carbocycles. The van der Waals surface area contributed by atoms with Crippen molar-refractivity contribution in [1.29, 1.82) is 0 Å². The molecule has 0 atom stereocenters. The summed E-state index contributed by atoms with van der Waals surface area (Å²) in [5.74, 6) is 4.19. The average molecular weight is 259 g/mol. The van der Waals surface area contributed by atoms with Gasteiger partial charge >= 0.3 is 0 Å². The molecule has 0 aliphatic carbocycles. The van der Waals surface area contributed by atoms with E-state index in [9.17, 15) is 0 Å². The lowest BCUT2D eigenvalue weighted by Gasteiger charge is -2.21. The Balaban J connectivity index is 2.40. The summed E-state index contributed by atoms with van der Waals surface area (Å²) in [5.41, 5.74) is 0. The second-order valence-electron chi connectivity index (χ2n) is 3.96. The number of likely N-dealkylation sites (N-methyl/N-ethyl adjacent to an activating group) is 1. The molecule has 0 radical (unpaired) electrons. The molecule has 4 heteroatoms. The summed E-state index contributed by atoms with van der Waals surface area (Å²) < 4.78 is 5.64. The minimum atomic E-state index is 0.381. The van der Waals surface area contributed by atoms with E-state index >= 15 is 0 Å². The van der Waals surface area contributed by atoms with Crippen molar-refractivity contribution in [2.75, 3.05) is 33.3 Å². The molecule has 0 fully saturated rings. The third-order valence-corrected chi connectivity index (χ3v) is 2.46. The Morgan fingerprint density at radius 1 is 1.42 bits per heavy atom. The number of ether oxygens (including phenoxy) is 1. The highest BCUT2D eigenvalue weighted by atomic mass is 16.5. The molecular weight excluding hydrogens is 238 g/mol. The first kappa shape index (κ1) is 14.9. The fraction of sp³-hybridized carbons (Fsp3) is 0.400. The molecule has 4 nitrogen and oxygen atoms in total. The lowest BCUT2D eigenvalue weighted by molar-refractivity contribution is 0.281. The van der Waals surface area contributed by atoms with Gasteiger partial charge in [-0.05, 0) is 19.1 Å². The molecule has 19 heavy (non-hydrogen) atoms. The minimum Gasteiger partial charge on any atom is -0.492 e. The van der Waals surface area contributed by atoms with Gasteiger partial charge in [-0.25, -0.2) is 4.99 Å². The lowest BCUT2D eigenvalue weighted by Crippen LogP contribution is -2.40. The summed E-state index contributed by atoms with van der Waals surface area (Å²) in [7, 11) is 1.96. The second kappa shape index (κ2) is 8.87. The van der Waals surface area contributed by atoms with Crippen molar-refractivity contribution < 1.29 is 4.74 Å². The van der Waals surface area contributed by atoms with Crippen LogP contribution in [0.15, 0.2) is 35.3 Å². The highest BCUT2D eigenvalue weighted by Gasteiger charge is 2.04. The molecule has 1 rings (SSSR count). The van der Waals surface area contributed by atoms with E-state index in [1.54, 1.807) is 0 Å². The fourth-order valence-corrected chi connectivity index (χ4v) is 1.51. The normalized spacial score (nSPS) is 10.7. The third-order valence-electron chi connectivity index (χ3n) is 2.46. The maximum atomic E-state index is 5.64. The van der Waals surface area contributed by atoms with Gasteiger partial charge in [-0.2, -0.15) is 0 Å². The van der Waals surface area contributed by atoms with Crippen LogP contribution < -0.4 is 10.1 Å². The standard InChI is InChI=1S/C15H21N3O/c1-4-11-17-15(16-5-2)18(3)12-13-19-14-9-7-6-8-10-14/h1,6-10H,5,11-13H2,2-3H3,(H,16,17). The monoisotopic (exact) mass is 259 g/mol. The molecule has 1 N–H and O–H groups in total. The highest BCUT2D eigenvalue weighted by Crippen LogP contribution is 2.07. The van der Waals surface area contributed by atoms with Crippen LogP contribution in [0.4, 0.5) is 0 Å². The molecule has 0 saturated heterocycles. The Morgan fingerprint density at radius 3 is 2.79 bits per heavy atom. The van der Waals surface area contributed by atoms with E-state index in [1.165, 1.54) is 0 Å². The first-order valence-corrected chi connectivity index (χ1v) is 6.38. The molecule has 0 aromatic heterocycles. The van der Waals surface area contributed by atoms with Crippen LogP contribution in [0.25, 0.3) is 0 Å². The van der Waals surface area contributed by atoms with Crippen molar-refractivity contribution >= 4 is 5.96 Å². The van der Waals surface area contributed by atoms with Gasteiger partial charge in [0.1, 0.15) is 18.9 Å². The molecule has 0 aliphatic heterocycles. The number of guanidine groups is 1. The van der Waals surface area contributed by atoms with Crippen LogP contribution in [0.5, 0.6) is 5.75 Å². The predicted octanol–water partition coefficient (Wildman–Crippen LogP) is 1.60. The largest absolute Gasteiger partial charge is 0.492 e. The molecule has 0 aliphatic rings. The van der Waals surface area contributed by atoms with Gasteiger partial charge in [-0.15, -0.1) is 6.42 Å². The summed E-state index contributed by atoms with van der Waals surface area (Å²) >= 11 is 0. The van der Waals surface area contributed by atoms with E-state index in [0.29, 0.717) is 13.2 Å². The van der Waals surface area contributed by atoms with Crippen molar-refractivity contribution in [3.8, 4) is 18.1 Å². The smallest absolute Gasteiger partial charge is 0.194 e. The van der Waals surface area contributed by atoms with Crippen LogP contribution in [0.3, 0.4) is 0 Å². The van der Waals surface area contributed by atoms with Gasteiger partial charge < -0.3 is 15.0 Å². The van der Waals surface area contributed by atoms with Gasteiger partial charge in [-0.1, -0.05) is 24.1 Å². The van der Waals surface area contributed by atoms with E-state index in [2.05, 4.69) is 16.2 Å². The van der Waals surface area contributed by atoms with Crippen LogP contribution in [0.1, 0.15) is 6.92 Å². The summed E-state index contributed by atoms with van der Waals surface area (Å²) in [6, 6.07) is 9.76. The van der Waals surface area contributed by atoms with Crippen molar-refractivity contribution in [1.82, 2.24) is 10.2 Å². The topological polar surface area (TPSA) is 36.9 Å². The Morgan fingerprint density at radius 2 is 2.16 bits per heavy atom. The minimum absolute atomic E-state index is 0.381. The van der Waals surface area contributed by atoms with Crippen LogP contribution in [-0.2, 0) is 0 Å². The van der Waals surface area contributed by atoms with Crippen LogP contribution in [0.2, 0.25) is 0 Å². The molecular formula is C15H21N3O. The maximum Gasteiger partial charge on any atom is 0.194 e. The van der Waals surface area contributed by atoms with Gasteiger partial charge in [0.05, 0.1) is 6.54 Å². The van der Waals surface area contributed by atoms with Crippen LogP contribution >= 0.6 is 0 Å². The maximum absolute atomic E-state index is 5.64. The zero-order chi connectivity index (χ0) is 13.9. The lowest BCUT2D eigenvalue weighted by atomic mass is 10.3. The summed E-state index contributed by atoms with van der Waals surface area (Å²) in [4.78, 5) is 6.30. The van der Waals surface area contributed by atoms with Gasteiger partial charge in [0, 0.05) is 13.6 Å². The number of rotatable bonds is 6. The number of hydrogen-bond donors (Lipinski definition) is 1. The Bertz CT molecular complexity index is 423. The molecule has 0 unspecified atom stereocenters. The first-order valence-electron chi connectivity index (χ1n) is 6.38. The van der Waals surface area contributed by atoms with E-state index in [1.807, 2.05) is 49.2 Å². The summed E-state index contributed by atoms with van der Waals surface area (Å²) in [5, 5.41) is 3.19. The van der Waals surface area contributed by atoms with Crippen LogP contribution in [-0.4, -0.2) is 44.1 Å². The number of para-hydroxylation sites is 1. The number of hydrogen-bond acceptors (Lipinski definition) is 2. The van der Waals surface area contributed by atoms with E-state index in [0.717, 1.165) is 24.8 Å². The van der Waals surface area contributed by atoms with E-state index in [-0.39, 0.29) is 0 Å². The fourth-order valence-electron chi connectivity index (χ4n) is 1.51. The third kappa shape index (κ3) is 5.82. The van der Waals surface area contributed by atoms with Crippen molar-refractivity contribution in [2.45, 2.75) is 6.92 Å². The number of nitrogens with zero attached hydrogens (tertiary/aromatic N) is 2. The Labute approximate surface area is 115 Å². The van der Waals surface area contributed by atoms with Gasteiger partial charge in [0.2, 0.25) is 0 Å². The van der Waals surface area contributed by atoms with Crippen LogP contribution in [0, 0.1) is 12.3 Å². The van der Waals surface area contributed by atoms with Gasteiger partial charge in [0.15, 0.2) is 5.96 Å². The van der Waals surface area contributed by atoms with Crippen molar-refractivity contribution in [3.63, 3.8) is 0 Å². The number of aliphatic imine (C=N–C) groups is 1. The molecule has 0 bridgehead atoms. The number of nitrogens with one attached hydrogen (secondary N) is 1. The number of terminal acetylenes is 1. The molecule has 1 aromatic rings. The molecule has 102 valence electrons. The zero-order valence-corrected chi connectivity index (χ0v) is 11.6.